The lowest BCUT2D eigenvalue weighted by atomic mass is 9.86. The maximum Gasteiger partial charge on any atom is 0.338 e. The molecule has 1 fully saturated rings. The molecule has 0 aromatic heterocycles. The molecule has 25 heavy (non-hydrogen) atoms. The highest BCUT2D eigenvalue weighted by molar-refractivity contribution is 5.99. The van der Waals surface area contributed by atoms with Crippen molar-refractivity contribution in [3.8, 4) is 5.75 Å². The van der Waals surface area contributed by atoms with Crippen LogP contribution in [-0.4, -0.2) is 54.8 Å². The molecule has 1 amide bonds. The Balaban J connectivity index is 1.83. The molecule has 1 heterocycles. The van der Waals surface area contributed by atoms with Gasteiger partial charge in [-0.15, -0.1) is 0 Å². The molecule has 1 aromatic carbocycles. The Morgan fingerprint density at radius 1 is 1.24 bits per heavy atom. The SMILES string of the molecule is COC(=O)c1cc(OCC2CCC2)cc(C(=O)N2CC=CC2CO)c1. The lowest BCUT2D eigenvalue weighted by Crippen LogP contribution is -2.38. The van der Waals surface area contributed by atoms with Gasteiger partial charge in [-0.3, -0.25) is 4.79 Å². The molecule has 1 atom stereocenters. The number of nitrogens with zero attached hydrogens (tertiary/aromatic N) is 1. The predicted molar refractivity (Wildman–Crippen MR) is 91.7 cm³/mol. The average molecular weight is 345 g/mol. The summed E-state index contributed by atoms with van der Waals surface area (Å²) < 4.78 is 10.6. The first kappa shape index (κ1) is 17.5. The van der Waals surface area contributed by atoms with E-state index in [4.69, 9.17) is 9.47 Å². The van der Waals surface area contributed by atoms with E-state index in [1.165, 1.54) is 19.6 Å². The first-order chi connectivity index (χ1) is 12.1. The molecule has 0 bridgehead atoms. The van der Waals surface area contributed by atoms with Crippen molar-refractivity contribution >= 4 is 11.9 Å². The molecular formula is C19H23NO5. The molecule has 3 rings (SSSR count). The second-order valence-corrected chi connectivity index (χ2v) is 6.48. The monoisotopic (exact) mass is 345 g/mol. The van der Waals surface area contributed by atoms with Gasteiger partial charge in [0.15, 0.2) is 0 Å². The molecule has 1 aromatic rings. The van der Waals surface area contributed by atoms with Crippen LogP contribution >= 0.6 is 0 Å². The number of rotatable bonds is 6. The molecule has 0 saturated heterocycles. The maximum absolute atomic E-state index is 12.8. The summed E-state index contributed by atoms with van der Waals surface area (Å²) in [6.07, 6.45) is 7.18. The summed E-state index contributed by atoms with van der Waals surface area (Å²) in [5.74, 6) is 0.276. The molecule has 6 nitrogen and oxygen atoms in total. The Bertz CT molecular complexity index is 680. The van der Waals surface area contributed by atoms with E-state index in [1.54, 1.807) is 23.1 Å². The number of hydrogen-bond acceptors (Lipinski definition) is 5. The number of esters is 1. The van der Waals surface area contributed by atoms with Gasteiger partial charge in [0.25, 0.3) is 5.91 Å². The molecule has 1 aliphatic heterocycles. The number of aliphatic hydroxyl groups is 1. The van der Waals surface area contributed by atoms with E-state index >= 15 is 0 Å². The normalized spacial score (nSPS) is 19.6. The Morgan fingerprint density at radius 3 is 2.64 bits per heavy atom. The van der Waals surface area contributed by atoms with Crippen molar-refractivity contribution < 1.29 is 24.2 Å². The number of hydrogen-bond donors (Lipinski definition) is 1. The van der Waals surface area contributed by atoms with Gasteiger partial charge >= 0.3 is 5.97 Å². The van der Waals surface area contributed by atoms with Crippen LogP contribution in [0.1, 0.15) is 40.0 Å². The summed E-state index contributed by atoms with van der Waals surface area (Å²) in [5, 5.41) is 9.40. The molecule has 1 N–H and O–H groups in total. The van der Waals surface area contributed by atoms with E-state index in [0.29, 0.717) is 30.4 Å². The van der Waals surface area contributed by atoms with Crippen LogP contribution in [0.2, 0.25) is 0 Å². The first-order valence-electron chi connectivity index (χ1n) is 8.57. The van der Waals surface area contributed by atoms with E-state index < -0.39 is 5.97 Å². The Kier molecular flexibility index (Phi) is 5.38. The maximum atomic E-state index is 12.8. The van der Waals surface area contributed by atoms with Gasteiger partial charge in [-0.05, 0) is 37.0 Å². The summed E-state index contributed by atoms with van der Waals surface area (Å²) >= 11 is 0. The zero-order valence-corrected chi connectivity index (χ0v) is 14.3. The van der Waals surface area contributed by atoms with Gasteiger partial charge in [-0.25, -0.2) is 4.79 Å². The largest absolute Gasteiger partial charge is 0.493 e. The summed E-state index contributed by atoms with van der Waals surface area (Å²) in [7, 11) is 1.30. The fraction of sp³-hybridized carbons (Fsp3) is 0.474. The minimum atomic E-state index is -0.513. The van der Waals surface area contributed by atoms with Gasteiger partial charge in [0, 0.05) is 12.1 Å². The quantitative estimate of drug-likeness (QED) is 0.631. The number of carbonyl (C=O) groups excluding carboxylic acids is 2. The zero-order chi connectivity index (χ0) is 17.8. The fourth-order valence-electron chi connectivity index (χ4n) is 3.04. The third-order valence-electron chi connectivity index (χ3n) is 4.79. The number of methoxy groups -OCH3 is 1. The molecule has 0 radical (unpaired) electrons. The van der Waals surface area contributed by atoms with Crippen LogP contribution in [0.15, 0.2) is 30.4 Å². The number of ether oxygens (including phenoxy) is 2. The van der Waals surface area contributed by atoms with E-state index in [0.717, 1.165) is 12.8 Å². The first-order valence-corrected chi connectivity index (χ1v) is 8.57. The summed E-state index contributed by atoms with van der Waals surface area (Å²) in [5.41, 5.74) is 0.637. The molecule has 2 aliphatic rings. The standard InChI is InChI=1S/C19H23NO5/c1-24-19(23)15-8-14(18(22)20-7-3-6-16(20)11-21)9-17(10-15)25-12-13-4-2-5-13/h3,6,8-10,13,16,21H,2,4-5,7,11-12H2,1H3. The van der Waals surface area contributed by atoms with Crippen LogP contribution in [-0.2, 0) is 4.74 Å². The van der Waals surface area contributed by atoms with Crippen LogP contribution in [0.4, 0.5) is 0 Å². The number of aliphatic hydroxyl groups excluding tert-OH is 1. The molecule has 6 heteroatoms. The topological polar surface area (TPSA) is 76.1 Å². The third kappa shape index (κ3) is 3.85. The van der Waals surface area contributed by atoms with Gasteiger partial charge in [-0.1, -0.05) is 18.6 Å². The number of benzene rings is 1. The van der Waals surface area contributed by atoms with Crippen molar-refractivity contribution in [2.75, 3.05) is 26.9 Å². The summed E-state index contributed by atoms with van der Waals surface area (Å²) in [4.78, 5) is 26.3. The van der Waals surface area contributed by atoms with Crippen molar-refractivity contribution in [2.45, 2.75) is 25.3 Å². The van der Waals surface area contributed by atoms with Gasteiger partial charge in [0.05, 0.1) is 31.9 Å². The van der Waals surface area contributed by atoms with Crippen molar-refractivity contribution in [1.82, 2.24) is 4.90 Å². The summed E-state index contributed by atoms with van der Waals surface area (Å²) in [6.45, 7) is 0.886. The molecule has 1 aliphatic carbocycles. The molecule has 1 saturated carbocycles. The minimum Gasteiger partial charge on any atom is -0.493 e. The van der Waals surface area contributed by atoms with Crippen molar-refractivity contribution in [3.05, 3.63) is 41.5 Å². The highest BCUT2D eigenvalue weighted by atomic mass is 16.5. The van der Waals surface area contributed by atoms with Crippen LogP contribution < -0.4 is 4.74 Å². The number of carbonyl (C=O) groups is 2. The third-order valence-corrected chi connectivity index (χ3v) is 4.79. The van der Waals surface area contributed by atoms with Gasteiger partial charge in [0.2, 0.25) is 0 Å². The van der Waals surface area contributed by atoms with E-state index in [-0.39, 0.29) is 24.1 Å². The van der Waals surface area contributed by atoms with E-state index in [2.05, 4.69) is 0 Å². The van der Waals surface area contributed by atoms with Crippen LogP contribution in [0.5, 0.6) is 5.75 Å². The predicted octanol–water partition coefficient (Wildman–Crippen LogP) is 2.02. The summed E-state index contributed by atoms with van der Waals surface area (Å²) in [6, 6.07) is 4.43. The van der Waals surface area contributed by atoms with Crippen LogP contribution in [0.3, 0.4) is 0 Å². The lowest BCUT2D eigenvalue weighted by Gasteiger charge is -2.26. The Hall–Kier alpha value is -2.34. The van der Waals surface area contributed by atoms with Crippen molar-refractivity contribution in [2.24, 2.45) is 5.92 Å². The van der Waals surface area contributed by atoms with Gasteiger partial charge < -0.3 is 19.5 Å². The Labute approximate surface area is 147 Å². The van der Waals surface area contributed by atoms with Crippen molar-refractivity contribution in [3.63, 3.8) is 0 Å². The second kappa shape index (κ2) is 7.70. The van der Waals surface area contributed by atoms with Crippen LogP contribution in [0, 0.1) is 5.92 Å². The smallest absolute Gasteiger partial charge is 0.338 e. The molecule has 1 unspecified atom stereocenters. The molecule has 134 valence electrons. The van der Waals surface area contributed by atoms with Gasteiger partial charge in [-0.2, -0.15) is 0 Å². The van der Waals surface area contributed by atoms with Crippen LogP contribution in [0.25, 0.3) is 0 Å². The average Bonchev–Trinajstić information content (AvgIpc) is 3.07. The second-order valence-electron chi connectivity index (χ2n) is 6.48. The van der Waals surface area contributed by atoms with Gasteiger partial charge in [0.1, 0.15) is 5.75 Å². The minimum absolute atomic E-state index is 0.135. The highest BCUT2D eigenvalue weighted by Gasteiger charge is 2.26. The van der Waals surface area contributed by atoms with E-state index in [9.17, 15) is 14.7 Å². The number of amides is 1. The highest BCUT2D eigenvalue weighted by Crippen LogP contribution is 2.28. The molecular weight excluding hydrogens is 322 g/mol. The lowest BCUT2D eigenvalue weighted by molar-refractivity contribution is 0.0600. The Morgan fingerprint density at radius 2 is 2.00 bits per heavy atom. The molecule has 0 spiro atoms. The van der Waals surface area contributed by atoms with E-state index in [1.807, 2.05) is 6.08 Å². The zero-order valence-electron chi connectivity index (χ0n) is 14.3. The fourth-order valence-corrected chi connectivity index (χ4v) is 3.04. The van der Waals surface area contributed by atoms with Crippen molar-refractivity contribution in [1.29, 1.82) is 0 Å².